The molecule has 0 aliphatic rings. The topological polar surface area (TPSA) is 29.0 Å². The van der Waals surface area contributed by atoms with Crippen LogP contribution in [0.1, 0.15) is 37.5 Å². The molecule has 0 fully saturated rings. The van der Waals surface area contributed by atoms with E-state index in [0.29, 0.717) is 0 Å². The first-order valence-electron chi connectivity index (χ1n) is 17.9. The van der Waals surface area contributed by atoms with Crippen molar-refractivity contribution in [3.8, 4) is 49.7 Å². The van der Waals surface area contributed by atoms with E-state index in [2.05, 4.69) is 145 Å². The summed E-state index contributed by atoms with van der Waals surface area (Å²) in [6.45, 7) is 2.27. The quantitative estimate of drug-likeness (QED) is 0.109. The van der Waals surface area contributed by atoms with E-state index in [1.165, 1.54) is 76.7 Å². The summed E-state index contributed by atoms with van der Waals surface area (Å²) in [7, 11) is 0. The number of aromatic nitrogens is 2. The van der Waals surface area contributed by atoms with Gasteiger partial charge in [0.25, 0.3) is 0 Å². The summed E-state index contributed by atoms with van der Waals surface area (Å²) >= 11 is 10.8. The van der Waals surface area contributed by atoms with Crippen molar-refractivity contribution in [2.24, 2.45) is 0 Å². The van der Waals surface area contributed by atoms with E-state index in [-0.39, 0.29) is 0 Å². The molecule has 9 heteroatoms. The zero-order valence-electron chi connectivity index (χ0n) is 29.0. The average molecular weight is 798 g/mol. The van der Waals surface area contributed by atoms with Gasteiger partial charge in [0.05, 0.1) is 9.75 Å². The molecule has 9 aromatic rings. The largest absolute Gasteiger partial charge is 0.311 e. The molecule has 0 bridgehead atoms. The van der Waals surface area contributed by atoms with Gasteiger partial charge in [-0.05, 0) is 103 Å². The number of aryl methyl sites for hydroxylation is 1. The number of thiazole rings is 2. The van der Waals surface area contributed by atoms with Crippen LogP contribution >= 0.6 is 68.0 Å². The maximum Gasteiger partial charge on any atom is 0.155 e. The molecular weight excluding hydrogens is 763 g/mol. The maximum atomic E-state index is 5.06. The molecule has 9 rings (SSSR count). The van der Waals surface area contributed by atoms with E-state index in [4.69, 9.17) is 9.97 Å². The Morgan fingerprint density at radius 1 is 0.415 bits per heavy atom. The average Bonchev–Trinajstić information content (AvgIpc) is 4.05. The third kappa shape index (κ3) is 7.47. The van der Waals surface area contributed by atoms with Gasteiger partial charge in [0, 0.05) is 46.3 Å². The fraction of sp³-hybridized carbons (Fsp3) is 0.136. The van der Waals surface area contributed by atoms with E-state index in [1.807, 2.05) is 34.0 Å². The third-order valence-corrected chi connectivity index (χ3v) is 16.3. The van der Waals surface area contributed by atoms with Gasteiger partial charge in [-0.15, -0.1) is 45.3 Å². The molecule has 0 aliphatic carbocycles. The van der Waals surface area contributed by atoms with Crippen LogP contribution in [0.2, 0.25) is 0 Å². The SMILES string of the molecule is CCCCCCc1ccc(-c2ccc(-c3ccc(-c4nc5sc(-c6ccc(-c7ccc(N(c8ccccc8)c8ccccc8)cc7)s6)nc5s4)s3)s2)s1. The van der Waals surface area contributed by atoms with Crippen LogP contribution in [0, 0.1) is 0 Å². The number of fused-ring (bicyclic) bond motifs is 1. The van der Waals surface area contributed by atoms with E-state index in [0.717, 1.165) is 36.7 Å². The van der Waals surface area contributed by atoms with Crippen LogP contribution in [-0.2, 0) is 6.42 Å². The van der Waals surface area contributed by atoms with Crippen molar-refractivity contribution in [1.82, 2.24) is 9.97 Å². The van der Waals surface area contributed by atoms with Crippen LogP contribution in [0.15, 0.2) is 133 Å². The fourth-order valence-electron chi connectivity index (χ4n) is 6.40. The molecule has 0 amide bonds. The summed E-state index contributed by atoms with van der Waals surface area (Å²) in [5, 5.41) is 2.09. The van der Waals surface area contributed by atoms with Crippen molar-refractivity contribution >= 4 is 94.7 Å². The van der Waals surface area contributed by atoms with Crippen molar-refractivity contribution in [3.05, 3.63) is 138 Å². The highest BCUT2D eigenvalue weighted by molar-refractivity contribution is 7.33. The molecule has 0 spiro atoms. The number of hydrogen-bond acceptors (Lipinski definition) is 9. The first-order valence-corrected chi connectivity index (χ1v) is 22.8. The molecule has 0 unspecified atom stereocenters. The Morgan fingerprint density at radius 2 is 0.887 bits per heavy atom. The van der Waals surface area contributed by atoms with Crippen LogP contribution in [0.3, 0.4) is 0 Å². The van der Waals surface area contributed by atoms with Crippen LogP contribution in [0.4, 0.5) is 17.1 Å². The van der Waals surface area contributed by atoms with Crippen LogP contribution in [0.5, 0.6) is 0 Å². The lowest BCUT2D eigenvalue weighted by molar-refractivity contribution is 0.670. The molecule has 53 heavy (non-hydrogen) atoms. The second-order valence-electron chi connectivity index (χ2n) is 12.8. The van der Waals surface area contributed by atoms with Gasteiger partial charge in [0.1, 0.15) is 10.0 Å². The van der Waals surface area contributed by atoms with Gasteiger partial charge < -0.3 is 4.90 Å². The lowest BCUT2D eigenvalue weighted by atomic mass is 10.1. The van der Waals surface area contributed by atoms with E-state index < -0.39 is 0 Å². The molecule has 6 aromatic heterocycles. The minimum Gasteiger partial charge on any atom is -0.311 e. The van der Waals surface area contributed by atoms with Gasteiger partial charge in [0.2, 0.25) is 0 Å². The molecule has 0 radical (unpaired) electrons. The molecule has 3 nitrogen and oxygen atoms in total. The number of nitrogens with zero attached hydrogens (tertiary/aromatic N) is 3. The standard InChI is InChI=1S/C44H35N3S6/c1-2-3-4-11-16-33-21-22-35(48-33)36-24-25-37(50-36)38-26-28-40(51-38)42-46-44-43(53-42)45-41(52-44)39-27-23-34(49-39)29-17-19-32(20-18-29)47(30-12-7-5-8-13-30)31-14-9-6-10-15-31/h5-10,12-15,17-28H,2-4,11,16H2,1H3. The number of unbranched alkanes of at least 4 members (excludes halogenated alkanes) is 3. The minimum absolute atomic E-state index is 1.01. The number of hydrogen-bond donors (Lipinski definition) is 0. The highest BCUT2D eigenvalue weighted by atomic mass is 32.1. The smallest absolute Gasteiger partial charge is 0.155 e. The summed E-state index contributed by atoms with van der Waals surface area (Å²) < 4.78 is 0. The number of para-hydroxylation sites is 2. The summed E-state index contributed by atoms with van der Waals surface area (Å²) in [5.41, 5.74) is 4.60. The van der Waals surface area contributed by atoms with Crippen molar-refractivity contribution in [1.29, 1.82) is 0 Å². The Kier molecular flexibility index (Phi) is 10.2. The molecule has 0 saturated heterocycles. The van der Waals surface area contributed by atoms with Gasteiger partial charge in [-0.25, -0.2) is 9.97 Å². The Labute approximate surface area is 334 Å². The van der Waals surface area contributed by atoms with Gasteiger partial charge in [-0.1, -0.05) is 97.4 Å². The van der Waals surface area contributed by atoms with E-state index in [9.17, 15) is 0 Å². The Balaban J connectivity index is 0.885. The summed E-state index contributed by atoms with van der Waals surface area (Å²) in [5.74, 6) is 0. The van der Waals surface area contributed by atoms with E-state index in [1.54, 1.807) is 34.0 Å². The van der Waals surface area contributed by atoms with Crippen molar-refractivity contribution in [2.45, 2.75) is 39.0 Å². The fourth-order valence-corrected chi connectivity index (χ4v) is 12.8. The van der Waals surface area contributed by atoms with Gasteiger partial charge in [-0.3, -0.25) is 0 Å². The molecular formula is C44H35N3S6. The highest BCUT2D eigenvalue weighted by Gasteiger charge is 2.18. The molecule has 0 atom stereocenters. The molecule has 0 saturated carbocycles. The number of rotatable bonds is 13. The second kappa shape index (κ2) is 15.6. The van der Waals surface area contributed by atoms with Gasteiger partial charge >= 0.3 is 0 Å². The number of thiophene rings is 4. The third-order valence-electron chi connectivity index (χ3n) is 9.08. The van der Waals surface area contributed by atoms with Crippen LogP contribution < -0.4 is 4.90 Å². The monoisotopic (exact) mass is 797 g/mol. The zero-order valence-corrected chi connectivity index (χ0v) is 33.9. The molecule has 3 aromatic carbocycles. The predicted molar refractivity (Wildman–Crippen MR) is 237 cm³/mol. The highest BCUT2D eigenvalue weighted by Crippen LogP contribution is 2.45. The maximum absolute atomic E-state index is 5.06. The van der Waals surface area contributed by atoms with Crippen LogP contribution in [0.25, 0.3) is 59.4 Å². The molecule has 0 aliphatic heterocycles. The normalized spacial score (nSPS) is 11.5. The first kappa shape index (κ1) is 34.5. The number of benzene rings is 3. The first-order chi connectivity index (χ1) is 26.2. The zero-order chi connectivity index (χ0) is 35.6. The molecule has 262 valence electrons. The van der Waals surface area contributed by atoms with Gasteiger partial charge in [-0.2, -0.15) is 0 Å². The van der Waals surface area contributed by atoms with Crippen molar-refractivity contribution < 1.29 is 0 Å². The number of anilines is 3. The van der Waals surface area contributed by atoms with E-state index >= 15 is 0 Å². The van der Waals surface area contributed by atoms with Crippen LogP contribution in [-0.4, -0.2) is 9.97 Å². The van der Waals surface area contributed by atoms with Gasteiger partial charge in [0.15, 0.2) is 9.66 Å². The Hall–Kier alpha value is -4.22. The van der Waals surface area contributed by atoms with Crippen molar-refractivity contribution in [2.75, 3.05) is 4.90 Å². The Bertz CT molecular complexity index is 2490. The van der Waals surface area contributed by atoms with Crippen molar-refractivity contribution in [3.63, 3.8) is 0 Å². The lowest BCUT2D eigenvalue weighted by Gasteiger charge is -2.25. The summed E-state index contributed by atoms with van der Waals surface area (Å²) in [6.07, 6.45) is 6.45. The molecule has 6 heterocycles. The Morgan fingerprint density at radius 3 is 1.47 bits per heavy atom. The second-order valence-corrected chi connectivity index (χ2v) is 19.1. The lowest BCUT2D eigenvalue weighted by Crippen LogP contribution is -2.09. The molecule has 0 N–H and O–H groups in total. The minimum atomic E-state index is 1.01. The predicted octanol–water partition coefficient (Wildman–Crippen LogP) is 15.9. The summed E-state index contributed by atoms with van der Waals surface area (Å²) in [4.78, 5) is 24.9. The summed E-state index contributed by atoms with van der Waals surface area (Å²) in [6, 6.07) is 48.0.